The first-order valence-electron chi connectivity index (χ1n) is 8.92. The summed E-state index contributed by atoms with van der Waals surface area (Å²) >= 11 is 5.91. The minimum atomic E-state index is 0.0732. The van der Waals surface area contributed by atoms with Crippen LogP contribution in [0.1, 0.15) is 84.0 Å². The van der Waals surface area contributed by atoms with Crippen LogP contribution < -0.4 is 0 Å². The van der Waals surface area contributed by atoms with Crippen molar-refractivity contribution in [3.8, 4) is 0 Å². The van der Waals surface area contributed by atoms with Crippen molar-refractivity contribution in [1.82, 2.24) is 5.06 Å². The Labute approximate surface area is 147 Å². The molecular formula is C20H32ClNO. The van der Waals surface area contributed by atoms with E-state index in [0.29, 0.717) is 5.88 Å². The molecule has 0 aromatic heterocycles. The molecule has 1 atom stereocenters. The lowest BCUT2D eigenvalue weighted by molar-refractivity contribution is -0.308. The van der Waals surface area contributed by atoms with E-state index < -0.39 is 0 Å². The molecule has 0 amide bonds. The highest BCUT2D eigenvalue weighted by Crippen LogP contribution is 2.41. The molecule has 2 nitrogen and oxygen atoms in total. The van der Waals surface area contributed by atoms with Crippen LogP contribution in [-0.4, -0.2) is 16.1 Å². The number of rotatable bonds is 6. The number of hydroxylamine groups is 2. The summed E-state index contributed by atoms with van der Waals surface area (Å²) in [6, 6.07) is 8.56. The fraction of sp³-hybridized carbons (Fsp3) is 0.700. The van der Waals surface area contributed by atoms with Gasteiger partial charge >= 0.3 is 0 Å². The predicted octanol–water partition coefficient (Wildman–Crippen LogP) is 6.24. The maximum atomic E-state index is 6.62. The summed E-state index contributed by atoms with van der Waals surface area (Å²) in [5.74, 6) is 0.561. The van der Waals surface area contributed by atoms with Crippen LogP contribution in [0.5, 0.6) is 0 Å². The molecule has 2 rings (SSSR count). The van der Waals surface area contributed by atoms with Crippen molar-refractivity contribution in [1.29, 1.82) is 0 Å². The van der Waals surface area contributed by atoms with Gasteiger partial charge in [-0.3, -0.25) is 4.84 Å². The van der Waals surface area contributed by atoms with E-state index in [-0.39, 0.29) is 17.2 Å². The topological polar surface area (TPSA) is 12.5 Å². The Hall–Kier alpha value is -0.570. The van der Waals surface area contributed by atoms with Gasteiger partial charge in [0.2, 0.25) is 0 Å². The molecule has 23 heavy (non-hydrogen) atoms. The summed E-state index contributed by atoms with van der Waals surface area (Å²) in [4.78, 5) is 6.62. The van der Waals surface area contributed by atoms with Gasteiger partial charge in [-0.2, -0.15) is 5.06 Å². The normalized spacial score (nSPS) is 22.0. The van der Waals surface area contributed by atoms with Gasteiger partial charge in [-0.15, -0.1) is 11.6 Å². The lowest BCUT2D eigenvalue weighted by atomic mass is 9.82. The molecule has 1 heterocycles. The molecule has 0 aliphatic carbocycles. The van der Waals surface area contributed by atoms with Crippen LogP contribution >= 0.6 is 11.6 Å². The van der Waals surface area contributed by atoms with Gasteiger partial charge in [0.05, 0.1) is 0 Å². The van der Waals surface area contributed by atoms with Gasteiger partial charge in [0.1, 0.15) is 6.10 Å². The number of hydrogen-bond donors (Lipinski definition) is 0. The minimum absolute atomic E-state index is 0.0732. The zero-order valence-electron chi connectivity index (χ0n) is 15.4. The fourth-order valence-corrected chi connectivity index (χ4v) is 3.93. The quantitative estimate of drug-likeness (QED) is 0.569. The van der Waals surface area contributed by atoms with Crippen molar-refractivity contribution >= 4 is 11.6 Å². The molecule has 1 aliphatic heterocycles. The Morgan fingerprint density at radius 1 is 1.09 bits per heavy atom. The summed E-state index contributed by atoms with van der Waals surface area (Å²) in [5.41, 5.74) is 2.55. The van der Waals surface area contributed by atoms with Crippen LogP contribution in [0.15, 0.2) is 24.3 Å². The number of benzene rings is 1. The largest absolute Gasteiger partial charge is 0.290 e. The zero-order valence-corrected chi connectivity index (χ0v) is 16.1. The van der Waals surface area contributed by atoms with Gasteiger partial charge in [0.15, 0.2) is 0 Å². The molecule has 1 aromatic rings. The Kier molecular flexibility index (Phi) is 6.16. The Morgan fingerprint density at radius 3 is 2.13 bits per heavy atom. The Morgan fingerprint density at radius 2 is 1.65 bits per heavy atom. The third-order valence-electron chi connectivity index (χ3n) is 4.97. The summed E-state index contributed by atoms with van der Waals surface area (Å²) in [6.07, 6.45) is 5.88. The summed E-state index contributed by atoms with van der Waals surface area (Å²) in [5, 5.41) is 2.28. The predicted molar refractivity (Wildman–Crippen MR) is 98.6 cm³/mol. The van der Waals surface area contributed by atoms with Crippen molar-refractivity contribution in [3.63, 3.8) is 0 Å². The highest BCUT2D eigenvalue weighted by molar-refractivity contribution is 6.17. The van der Waals surface area contributed by atoms with Gasteiger partial charge in [-0.05, 0) is 64.5 Å². The van der Waals surface area contributed by atoms with Crippen molar-refractivity contribution in [3.05, 3.63) is 35.4 Å². The van der Waals surface area contributed by atoms with E-state index in [4.69, 9.17) is 16.4 Å². The number of piperidine rings is 1. The van der Waals surface area contributed by atoms with Crippen molar-refractivity contribution < 1.29 is 4.84 Å². The van der Waals surface area contributed by atoms with Crippen LogP contribution in [0, 0.1) is 0 Å². The van der Waals surface area contributed by atoms with E-state index >= 15 is 0 Å². The highest BCUT2D eigenvalue weighted by atomic mass is 35.5. The second-order valence-electron chi connectivity index (χ2n) is 8.03. The molecule has 0 N–H and O–H groups in total. The fourth-order valence-electron chi connectivity index (χ4n) is 3.75. The first-order chi connectivity index (χ1) is 10.8. The van der Waals surface area contributed by atoms with Crippen LogP contribution in [0.25, 0.3) is 0 Å². The lowest BCUT2D eigenvalue weighted by Crippen LogP contribution is -2.58. The van der Waals surface area contributed by atoms with Crippen molar-refractivity contribution in [2.45, 2.75) is 89.8 Å². The van der Waals surface area contributed by atoms with E-state index in [1.807, 2.05) is 0 Å². The monoisotopic (exact) mass is 337 g/mol. The SMILES string of the molecule is CCC[C@H](ON1C(C)(C)CCCC1(C)C)c1ccc(CCl)cc1. The van der Waals surface area contributed by atoms with E-state index in [0.717, 1.165) is 18.4 Å². The number of nitrogens with zero attached hydrogens (tertiary/aromatic N) is 1. The van der Waals surface area contributed by atoms with Crippen molar-refractivity contribution in [2.24, 2.45) is 0 Å². The van der Waals surface area contributed by atoms with E-state index in [9.17, 15) is 0 Å². The molecule has 130 valence electrons. The van der Waals surface area contributed by atoms with Crippen LogP contribution in [-0.2, 0) is 10.7 Å². The summed E-state index contributed by atoms with van der Waals surface area (Å²) in [6.45, 7) is 11.4. The van der Waals surface area contributed by atoms with Gasteiger partial charge < -0.3 is 0 Å². The minimum Gasteiger partial charge on any atom is -0.290 e. The Balaban J connectivity index is 2.22. The smallest absolute Gasteiger partial charge is 0.104 e. The third kappa shape index (κ3) is 4.49. The first-order valence-corrected chi connectivity index (χ1v) is 9.45. The third-order valence-corrected chi connectivity index (χ3v) is 5.27. The van der Waals surface area contributed by atoms with Crippen LogP contribution in [0.2, 0.25) is 0 Å². The van der Waals surface area contributed by atoms with E-state index in [1.54, 1.807) is 0 Å². The molecule has 0 bridgehead atoms. The molecule has 1 aromatic carbocycles. The zero-order chi connectivity index (χ0) is 17.1. The van der Waals surface area contributed by atoms with Gasteiger partial charge in [0.25, 0.3) is 0 Å². The molecule has 1 fully saturated rings. The molecule has 3 heteroatoms. The van der Waals surface area contributed by atoms with Gasteiger partial charge in [-0.1, -0.05) is 37.6 Å². The maximum Gasteiger partial charge on any atom is 0.104 e. The average molecular weight is 338 g/mol. The number of alkyl halides is 1. The molecule has 1 saturated heterocycles. The molecule has 0 saturated carbocycles. The highest BCUT2D eigenvalue weighted by Gasteiger charge is 2.43. The van der Waals surface area contributed by atoms with E-state index in [1.165, 1.54) is 24.8 Å². The van der Waals surface area contributed by atoms with Crippen LogP contribution in [0.4, 0.5) is 0 Å². The average Bonchev–Trinajstić information content (AvgIpc) is 2.49. The van der Waals surface area contributed by atoms with Gasteiger partial charge in [-0.25, -0.2) is 0 Å². The molecule has 0 spiro atoms. The van der Waals surface area contributed by atoms with Gasteiger partial charge in [0, 0.05) is 17.0 Å². The number of halogens is 1. The summed E-state index contributed by atoms with van der Waals surface area (Å²) < 4.78 is 0. The van der Waals surface area contributed by atoms with E-state index in [2.05, 4.69) is 63.9 Å². The lowest BCUT2D eigenvalue weighted by Gasteiger charge is -2.52. The first kappa shape index (κ1) is 18.8. The Bertz CT molecular complexity index is 479. The number of hydrogen-bond acceptors (Lipinski definition) is 2. The van der Waals surface area contributed by atoms with Crippen LogP contribution in [0.3, 0.4) is 0 Å². The second kappa shape index (κ2) is 7.55. The molecular weight excluding hydrogens is 306 g/mol. The molecule has 0 radical (unpaired) electrons. The maximum absolute atomic E-state index is 6.62. The van der Waals surface area contributed by atoms with Crippen molar-refractivity contribution in [2.75, 3.05) is 0 Å². The molecule has 0 unspecified atom stereocenters. The second-order valence-corrected chi connectivity index (χ2v) is 8.30. The standard InChI is InChI=1S/C20H32ClNO/c1-6-8-18(17-11-9-16(15-21)10-12-17)23-22-19(2,3)13-7-14-20(22,4)5/h9-12,18H,6-8,13-15H2,1-5H3/t18-/m0/s1. The summed E-state index contributed by atoms with van der Waals surface area (Å²) in [7, 11) is 0. The molecule has 1 aliphatic rings.